The number of amides is 1. The molecule has 1 atom stereocenters. The van der Waals surface area contributed by atoms with Gasteiger partial charge in [-0.3, -0.25) is 4.79 Å². The third-order valence-corrected chi connectivity index (χ3v) is 4.04. The topological polar surface area (TPSA) is 46.9 Å². The lowest BCUT2D eigenvalue weighted by molar-refractivity contribution is -0.141. The largest absolute Gasteiger partial charge is 0.436 e. The predicted molar refractivity (Wildman–Crippen MR) is 90.4 cm³/mol. The molecule has 142 valence electrons. The van der Waals surface area contributed by atoms with Gasteiger partial charge in [-0.05, 0) is 29.9 Å². The van der Waals surface area contributed by atoms with Crippen LogP contribution in [0.15, 0.2) is 24.3 Å². The molecule has 1 heterocycles. The second-order valence-electron chi connectivity index (χ2n) is 6.71. The maximum Gasteiger partial charge on any atom is 0.436 e. The van der Waals surface area contributed by atoms with Gasteiger partial charge in [0, 0.05) is 12.7 Å². The molecule has 8 heteroatoms. The zero-order valence-corrected chi connectivity index (χ0v) is 15.0. The van der Waals surface area contributed by atoms with Gasteiger partial charge < -0.3 is 5.32 Å². The summed E-state index contributed by atoms with van der Waals surface area (Å²) in [5, 5.41) is 5.51. The average molecular weight is 371 g/mol. The number of nitrogens with one attached hydrogen (secondary N) is 1. The quantitative estimate of drug-likeness (QED) is 0.754. The van der Waals surface area contributed by atoms with Gasteiger partial charge in [0.15, 0.2) is 5.69 Å². The third-order valence-electron chi connectivity index (χ3n) is 4.04. The molecule has 1 N–H and O–H groups in total. The third kappa shape index (κ3) is 4.23. The van der Waals surface area contributed by atoms with Crippen molar-refractivity contribution in [2.75, 3.05) is 5.32 Å². The Hall–Kier alpha value is -2.38. The SMILES string of the molecule is CC(C)CC(C)c1ccccc1NC(=O)c1c(C(F)(F)F)nn(C)c1F. The highest BCUT2D eigenvalue weighted by molar-refractivity contribution is 6.05. The van der Waals surface area contributed by atoms with E-state index in [4.69, 9.17) is 0 Å². The van der Waals surface area contributed by atoms with Crippen molar-refractivity contribution in [3.8, 4) is 0 Å². The summed E-state index contributed by atoms with van der Waals surface area (Å²) in [6, 6.07) is 6.83. The molecule has 0 saturated carbocycles. The van der Waals surface area contributed by atoms with Gasteiger partial charge in [0.25, 0.3) is 5.91 Å². The van der Waals surface area contributed by atoms with Crippen molar-refractivity contribution in [2.45, 2.75) is 39.3 Å². The van der Waals surface area contributed by atoms with E-state index in [1.54, 1.807) is 24.3 Å². The van der Waals surface area contributed by atoms with E-state index in [2.05, 4.69) is 24.3 Å². The lowest BCUT2D eigenvalue weighted by Gasteiger charge is -2.18. The number of nitrogens with zero attached hydrogens (tertiary/aromatic N) is 2. The van der Waals surface area contributed by atoms with Gasteiger partial charge in [0.05, 0.1) is 0 Å². The van der Waals surface area contributed by atoms with Gasteiger partial charge in [-0.25, -0.2) is 4.68 Å². The zero-order chi connectivity index (χ0) is 19.6. The molecule has 0 spiro atoms. The van der Waals surface area contributed by atoms with Crippen molar-refractivity contribution in [2.24, 2.45) is 13.0 Å². The molecular weight excluding hydrogens is 350 g/mol. The number of carbonyl (C=O) groups is 1. The monoisotopic (exact) mass is 371 g/mol. The minimum absolute atomic E-state index is 0.0762. The number of carbonyl (C=O) groups excluding carboxylic acids is 1. The Morgan fingerprint density at radius 1 is 1.23 bits per heavy atom. The first kappa shape index (κ1) is 19.9. The number of anilines is 1. The van der Waals surface area contributed by atoms with Crippen LogP contribution in [0.1, 0.15) is 54.7 Å². The Labute approximate surface area is 149 Å². The molecule has 0 aliphatic heterocycles. The van der Waals surface area contributed by atoms with Gasteiger partial charge in [0.2, 0.25) is 5.95 Å². The number of hydrogen-bond acceptors (Lipinski definition) is 2. The lowest BCUT2D eigenvalue weighted by atomic mass is 9.91. The fourth-order valence-corrected chi connectivity index (χ4v) is 2.96. The van der Waals surface area contributed by atoms with Crippen molar-refractivity contribution in [3.63, 3.8) is 0 Å². The smallest absolute Gasteiger partial charge is 0.322 e. The van der Waals surface area contributed by atoms with E-state index in [0.29, 0.717) is 16.3 Å². The molecule has 0 saturated heterocycles. The number of benzene rings is 1. The van der Waals surface area contributed by atoms with Crippen LogP contribution in [0.4, 0.5) is 23.2 Å². The Kier molecular flexibility index (Phi) is 5.73. The summed E-state index contributed by atoms with van der Waals surface area (Å²) in [4.78, 5) is 12.4. The van der Waals surface area contributed by atoms with Crippen LogP contribution in [0, 0.1) is 11.9 Å². The summed E-state index contributed by atoms with van der Waals surface area (Å²) >= 11 is 0. The summed E-state index contributed by atoms with van der Waals surface area (Å²) in [6.07, 6.45) is -4.10. The number of rotatable bonds is 5. The van der Waals surface area contributed by atoms with E-state index >= 15 is 0 Å². The molecule has 2 aromatic rings. The molecule has 0 aliphatic carbocycles. The van der Waals surface area contributed by atoms with Crippen LogP contribution in [0.5, 0.6) is 0 Å². The molecule has 0 fully saturated rings. The number of alkyl halides is 3. The number of aryl methyl sites for hydroxylation is 1. The van der Waals surface area contributed by atoms with E-state index in [9.17, 15) is 22.4 Å². The molecule has 1 aromatic carbocycles. The number of hydrogen-bond donors (Lipinski definition) is 1. The van der Waals surface area contributed by atoms with Gasteiger partial charge in [-0.15, -0.1) is 0 Å². The lowest BCUT2D eigenvalue weighted by Crippen LogP contribution is -2.20. The van der Waals surface area contributed by atoms with Crippen molar-refractivity contribution in [1.82, 2.24) is 9.78 Å². The molecule has 1 amide bonds. The molecule has 0 bridgehead atoms. The van der Waals surface area contributed by atoms with Crippen molar-refractivity contribution >= 4 is 11.6 Å². The van der Waals surface area contributed by atoms with E-state index in [1.165, 1.54) is 0 Å². The molecule has 0 radical (unpaired) electrons. The Balaban J connectivity index is 2.38. The van der Waals surface area contributed by atoms with Crippen LogP contribution < -0.4 is 5.32 Å². The highest BCUT2D eigenvalue weighted by atomic mass is 19.4. The summed E-state index contributed by atoms with van der Waals surface area (Å²) in [5.74, 6) is -2.02. The van der Waals surface area contributed by atoms with Gasteiger partial charge >= 0.3 is 6.18 Å². The molecule has 1 unspecified atom stereocenters. The first-order valence-corrected chi connectivity index (χ1v) is 8.22. The normalized spacial score (nSPS) is 13.1. The number of aromatic nitrogens is 2. The van der Waals surface area contributed by atoms with Crippen molar-refractivity contribution < 1.29 is 22.4 Å². The summed E-state index contributed by atoms with van der Waals surface area (Å²) in [6.45, 7) is 6.08. The fraction of sp³-hybridized carbons (Fsp3) is 0.444. The highest BCUT2D eigenvalue weighted by Crippen LogP contribution is 2.33. The van der Waals surface area contributed by atoms with Gasteiger partial charge in [-0.1, -0.05) is 39.0 Å². The molecule has 26 heavy (non-hydrogen) atoms. The minimum atomic E-state index is -4.93. The average Bonchev–Trinajstić information content (AvgIpc) is 2.83. The summed E-state index contributed by atoms with van der Waals surface area (Å²) in [7, 11) is 1.01. The second kappa shape index (κ2) is 7.47. The standard InChI is InChI=1S/C18H21F4N3O/c1-10(2)9-11(3)12-7-5-6-8-13(12)23-17(26)14-15(18(20,21)22)24-25(4)16(14)19/h5-8,10-11H,9H2,1-4H3,(H,23,26). The zero-order valence-electron chi connectivity index (χ0n) is 15.0. The number of para-hydroxylation sites is 1. The van der Waals surface area contributed by atoms with Gasteiger partial charge in [-0.2, -0.15) is 22.7 Å². The Morgan fingerprint density at radius 3 is 2.42 bits per heavy atom. The number of halogens is 4. The first-order chi connectivity index (χ1) is 12.0. The fourth-order valence-electron chi connectivity index (χ4n) is 2.96. The molecule has 0 aliphatic rings. The highest BCUT2D eigenvalue weighted by Gasteiger charge is 2.41. The van der Waals surface area contributed by atoms with E-state index in [-0.39, 0.29) is 5.92 Å². The maximum atomic E-state index is 14.1. The second-order valence-corrected chi connectivity index (χ2v) is 6.71. The van der Waals surface area contributed by atoms with Crippen molar-refractivity contribution in [1.29, 1.82) is 0 Å². The van der Waals surface area contributed by atoms with Crippen LogP contribution in [-0.2, 0) is 13.2 Å². The van der Waals surface area contributed by atoms with E-state index in [1.807, 2.05) is 6.92 Å². The van der Waals surface area contributed by atoms with Gasteiger partial charge in [0.1, 0.15) is 5.56 Å². The van der Waals surface area contributed by atoms with E-state index < -0.39 is 29.3 Å². The summed E-state index contributed by atoms with van der Waals surface area (Å²) < 4.78 is 53.7. The summed E-state index contributed by atoms with van der Waals surface area (Å²) in [5.41, 5.74) is -1.50. The minimum Gasteiger partial charge on any atom is -0.322 e. The Bertz CT molecular complexity index is 796. The molecular formula is C18H21F4N3O. The van der Waals surface area contributed by atoms with Crippen LogP contribution in [0.2, 0.25) is 0 Å². The first-order valence-electron chi connectivity index (χ1n) is 8.22. The van der Waals surface area contributed by atoms with E-state index in [0.717, 1.165) is 19.0 Å². The van der Waals surface area contributed by atoms with Crippen LogP contribution in [0.25, 0.3) is 0 Å². The Morgan fingerprint density at radius 2 is 1.85 bits per heavy atom. The van der Waals surface area contributed by atoms with Crippen LogP contribution in [0.3, 0.4) is 0 Å². The molecule has 2 rings (SSSR count). The predicted octanol–water partition coefficient (Wildman–Crippen LogP) is 4.98. The molecule has 1 aromatic heterocycles. The molecule has 4 nitrogen and oxygen atoms in total. The van der Waals surface area contributed by atoms with Crippen LogP contribution in [-0.4, -0.2) is 15.7 Å². The van der Waals surface area contributed by atoms with Crippen LogP contribution >= 0.6 is 0 Å². The maximum absolute atomic E-state index is 14.1. The van der Waals surface area contributed by atoms with Crippen molar-refractivity contribution in [3.05, 3.63) is 47.0 Å².